The van der Waals surface area contributed by atoms with Crippen molar-refractivity contribution in [2.24, 2.45) is 0 Å². The summed E-state index contributed by atoms with van der Waals surface area (Å²) in [5.41, 5.74) is 0.320. The fourth-order valence-electron chi connectivity index (χ4n) is 2.17. The van der Waals surface area contributed by atoms with Crippen molar-refractivity contribution in [3.05, 3.63) is 21.6 Å². The van der Waals surface area contributed by atoms with Crippen molar-refractivity contribution in [3.63, 3.8) is 0 Å². The molecule has 0 amide bonds. The maximum absolute atomic E-state index is 12.0. The highest BCUT2D eigenvalue weighted by Crippen LogP contribution is 2.16. The van der Waals surface area contributed by atoms with Crippen LogP contribution in [-0.4, -0.2) is 54.1 Å². The highest BCUT2D eigenvalue weighted by Gasteiger charge is 2.18. The lowest BCUT2D eigenvalue weighted by Crippen LogP contribution is -2.43. The Labute approximate surface area is 123 Å². The van der Waals surface area contributed by atoms with E-state index in [0.717, 1.165) is 26.1 Å². The van der Waals surface area contributed by atoms with Crippen molar-refractivity contribution >= 4 is 17.3 Å². The third kappa shape index (κ3) is 3.71. The molecule has 0 spiro atoms. The van der Waals surface area contributed by atoms with Crippen molar-refractivity contribution in [3.8, 4) is 0 Å². The van der Waals surface area contributed by atoms with Crippen LogP contribution >= 0.6 is 11.6 Å². The maximum atomic E-state index is 12.0. The minimum Gasteiger partial charge on any atom is -0.380 e. The molecule has 1 aromatic heterocycles. The Morgan fingerprint density at radius 1 is 1.60 bits per heavy atom. The number of ether oxygens (including phenoxy) is 1. The molecule has 2 heterocycles. The smallest absolute Gasteiger partial charge is 0.287 e. The summed E-state index contributed by atoms with van der Waals surface area (Å²) in [6.45, 7) is 5.73. The molecular weight excluding hydrogens is 280 g/mol. The summed E-state index contributed by atoms with van der Waals surface area (Å²) in [4.78, 5) is 14.2. The highest BCUT2D eigenvalue weighted by molar-refractivity contribution is 6.32. The second kappa shape index (κ2) is 7.06. The number of likely N-dealkylation sites (N-methyl/N-ethyl adjacent to an activating group) is 1. The lowest BCUT2D eigenvalue weighted by molar-refractivity contribution is -0.0117. The van der Waals surface area contributed by atoms with Crippen molar-refractivity contribution in [1.82, 2.24) is 14.7 Å². The third-order valence-corrected chi connectivity index (χ3v) is 3.65. The number of aromatic nitrogens is 2. The largest absolute Gasteiger partial charge is 0.380 e. The molecule has 1 aliphatic rings. The SMILES string of the molecule is CCCn1ncc(NCC2CN(C)CCO2)c(Cl)c1=O. The fourth-order valence-corrected chi connectivity index (χ4v) is 2.39. The standard InChI is InChI=1S/C13H21ClN4O2/c1-3-4-18-13(19)12(14)11(8-16-18)15-7-10-9-17(2)5-6-20-10/h8,10,15H,3-7,9H2,1-2H3. The van der Waals surface area contributed by atoms with Crippen LogP contribution in [0.1, 0.15) is 13.3 Å². The summed E-state index contributed by atoms with van der Waals surface area (Å²) in [6, 6.07) is 0. The number of morpholine rings is 1. The molecule has 1 unspecified atom stereocenters. The van der Waals surface area contributed by atoms with Gasteiger partial charge in [0.1, 0.15) is 5.02 Å². The molecule has 1 saturated heterocycles. The normalized spacial score (nSPS) is 20.1. The van der Waals surface area contributed by atoms with E-state index in [1.165, 1.54) is 4.68 Å². The van der Waals surface area contributed by atoms with E-state index < -0.39 is 0 Å². The van der Waals surface area contributed by atoms with Crippen LogP contribution in [0.2, 0.25) is 5.02 Å². The van der Waals surface area contributed by atoms with Gasteiger partial charge in [0.05, 0.1) is 24.6 Å². The molecule has 2 rings (SSSR count). The Morgan fingerprint density at radius 3 is 3.10 bits per heavy atom. The molecule has 7 heteroatoms. The van der Waals surface area contributed by atoms with Crippen LogP contribution in [0.15, 0.2) is 11.0 Å². The molecule has 0 bridgehead atoms. The average Bonchev–Trinajstić information content (AvgIpc) is 2.43. The number of nitrogens with one attached hydrogen (secondary N) is 1. The predicted octanol–water partition coefficient (Wildman–Crippen LogP) is 1.05. The topological polar surface area (TPSA) is 59.4 Å². The van der Waals surface area contributed by atoms with Crippen LogP contribution < -0.4 is 10.9 Å². The van der Waals surface area contributed by atoms with E-state index in [4.69, 9.17) is 16.3 Å². The van der Waals surface area contributed by atoms with Gasteiger partial charge in [-0.2, -0.15) is 5.10 Å². The molecule has 112 valence electrons. The van der Waals surface area contributed by atoms with Gasteiger partial charge in [-0.05, 0) is 13.5 Å². The van der Waals surface area contributed by atoms with Crippen molar-refractivity contribution < 1.29 is 4.74 Å². The van der Waals surface area contributed by atoms with Crippen molar-refractivity contribution in [2.45, 2.75) is 26.0 Å². The molecule has 6 nitrogen and oxygen atoms in total. The van der Waals surface area contributed by atoms with Crippen molar-refractivity contribution in [1.29, 1.82) is 0 Å². The Bertz CT molecular complexity index is 506. The quantitative estimate of drug-likeness (QED) is 0.881. The van der Waals surface area contributed by atoms with E-state index in [-0.39, 0.29) is 16.7 Å². The van der Waals surface area contributed by atoms with E-state index in [0.29, 0.717) is 18.8 Å². The van der Waals surface area contributed by atoms with Gasteiger partial charge in [0, 0.05) is 26.2 Å². The van der Waals surface area contributed by atoms with Crippen LogP contribution in [-0.2, 0) is 11.3 Å². The van der Waals surface area contributed by atoms with E-state index in [1.807, 2.05) is 6.92 Å². The second-order valence-electron chi connectivity index (χ2n) is 5.04. The summed E-state index contributed by atoms with van der Waals surface area (Å²) < 4.78 is 7.04. The first kappa shape index (κ1) is 15.3. The number of aryl methyl sites for hydroxylation is 1. The second-order valence-corrected chi connectivity index (χ2v) is 5.41. The van der Waals surface area contributed by atoms with Gasteiger partial charge in [0.15, 0.2) is 0 Å². The minimum atomic E-state index is -0.250. The third-order valence-electron chi connectivity index (χ3n) is 3.28. The zero-order valence-electron chi connectivity index (χ0n) is 11.9. The monoisotopic (exact) mass is 300 g/mol. The molecule has 1 aromatic rings. The lowest BCUT2D eigenvalue weighted by Gasteiger charge is -2.30. The number of hydrogen-bond donors (Lipinski definition) is 1. The first-order chi connectivity index (χ1) is 9.61. The van der Waals surface area contributed by atoms with Gasteiger partial charge in [-0.25, -0.2) is 4.68 Å². The Balaban J connectivity index is 1.99. The predicted molar refractivity (Wildman–Crippen MR) is 79.5 cm³/mol. The molecule has 0 aromatic carbocycles. The Kier molecular flexibility index (Phi) is 5.39. The number of halogens is 1. The number of rotatable bonds is 5. The number of anilines is 1. The van der Waals surface area contributed by atoms with E-state index in [1.54, 1.807) is 6.20 Å². The lowest BCUT2D eigenvalue weighted by atomic mass is 10.3. The Morgan fingerprint density at radius 2 is 2.40 bits per heavy atom. The van der Waals surface area contributed by atoms with E-state index >= 15 is 0 Å². The molecule has 20 heavy (non-hydrogen) atoms. The number of hydrogen-bond acceptors (Lipinski definition) is 5. The molecule has 1 fully saturated rings. The zero-order valence-corrected chi connectivity index (χ0v) is 12.7. The summed E-state index contributed by atoms with van der Waals surface area (Å²) in [5.74, 6) is 0. The van der Waals surface area contributed by atoms with Crippen molar-refractivity contribution in [2.75, 3.05) is 38.6 Å². The van der Waals surface area contributed by atoms with E-state index in [2.05, 4.69) is 22.4 Å². The molecule has 0 radical (unpaired) electrons. The van der Waals surface area contributed by atoms with Gasteiger partial charge in [-0.3, -0.25) is 4.79 Å². The molecule has 0 aliphatic carbocycles. The van der Waals surface area contributed by atoms with Gasteiger partial charge in [0.2, 0.25) is 0 Å². The summed E-state index contributed by atoms with van der Waals surface area (Å²) in [7, 11) is 2.07. The Hall–Kier alpha value is -1.11. The van der Waals surface area contributed by atoms with Gasteiger partial charge < -0.3 is 15.0 Å². The fraction of sp³-hybridized carbons (Fsp3) is 0.692. The van der Waals surface area contributed by atoms with Gasteiger partial charge in [-0.15, -0.1) is 0 Å². The van der Waals surface area contributed by atoms with Gasteiger partial charge >= 0.3 is 0 Å². The molecule has 1 N–H and O–H groups in total. The molecule has 1 atom stereocenters. The molecular formula is C13H21ClN4O2. The molecule has 1 aliphatic heterocycles. The molecule has 0 saturated carbocycles. The first-order valence-corrected chi connectivity index (χ1v) is 7.29. The highest BCUT2D eigenvalue weighted by atomic mass is 35.5. The average molecular weight is 301 g/mol. The summed E-state index contributed by atoms with van der Waals surface area (Å²) in [6.07, 6.45) is 2.55. The summed E-state index contributed by atoms with van der Waals surface area (Å²) >= 11 is 6.09. The van der Waals surface area contributed by atoms with Crippen LogP contribution in [0.3, 0.4) is 0 Å². The zero-order chi connectivity index (χ0) is 14.5. The first-order valence-electron chi connectivity index (χ1n) is 6.91. The van der Waals surface area contributed by atoms with E-state index in [9.17, 15) is 4.79 Å². The maximum Gasteiger partial charge on any atom is 0.287 e. The van der Waals surface area contributed by atoms with Gasteiger partial charge in [-0.1, -0.05) is 18.5 Å². The van der Waals surface area contributed by atoms with Crippen LogP contribution in [0.5, 0.6) is 0 Å². The minimum absolute atomic E-state index is 0.0999. The van der Waals surface area contributed by atoms with Crippen LogP contribution in [0.25, 0.3) is 0 Å². The van der Waals surface area contributed by atoms with Crippen LogP contribution in [0.4, 0.5) is 5.69 Å². The number of nitrogens with zero attached hydrogens (tertiary/aromatic N) is 3. The van der Waals surface area contributed by atoms with Crippen LogP contribution in [0, 0.1) is 0 Å². The summed E-state index contributed by atoms with van der Waals surface area (Å²) in [5, 5.41) is 7.46. The van der Waals surface area contributed by atoms with Gasteiger partial charge in [0.25, 0.3) is 5.56 Å².